The topological polar surface area (TPSA) is 70.4 Å². The number of rotatable bonds is 8. The van der Waals surface area contributed by atoms with E-state index >= 15 is 0 Å². The summed E-state index contributed by atoms with van der Waals surface area (Å²) in [6.45, 7) is 14.3. The Balaban J connectivity index is 2.40. The standard InChI is InChI=1S/C15H31N7/c1-7-21-11-19-20-14(21)10-18-15(16-6)17-8-9-22(12(2)3)13(4)5/h11-13H,7-10H2,1-6H3,(H2,16,17,18). The quantitative estimate of drug-likeness (QED) is 0.555. The molecular formula is C15H31N7. The second-order valence-electron chi connectivity index (χ2n) is 5.81. The van der Waals surface area contributed by atoms with E-state index in [0.717, 1.165) is 31.4 Å². The van der Waals surface area contributed by atoms with Crippen LogP contribution in [-0.4, -0.2) is 57.8 Å². The second kappa shape index (κ2) is 9.40. The monoisotopic (exact) mass is 309 g/mol. The molecule has 126 valence electrons. The molecule has 7 nitrogen and oxygen atoms in total. The van der Waals surface area contributed by atoms with Gasteiger partial charge in [-0.15, -0.1) is 10.2 Å². The van der Waals surface area contributed by atoms with Crippen LogP contribution in [0.15, 0.2) is 11.3 Å². The molecule has 0 aliphatic rings. The summed E-state index contributed by atoms with van der Waals surface area (Å²) in [6.07, 6.45) is 1.75. The predicted octanol–water partition coefficient (Wildman–Crippen LogP) is 1.08. The van der Waals surface area contributed by atoms with Gasteiger partial charge < -0.3 is 15.2 Å². The van der Waals surface area contributed by atoms with Crippen molar-refractivity contribution in [1.29, 1.82) is 0 Å². The summed E-state index contributed by atoms with van der Waals surface area (Å²) < 4.78 is 2.01. The van der Waals surface area contributed by atoms with Gasteiger partial charge in [0, 0.05) is 38.8 Å². The lowest BCUT2D eigenvalue weighted by molar-refractivity contribution is 0.178. The van der Waals surface area contributed by atoms with Gasteiger partial charge in [-0.25, -0.2) is 0 Å². The molecule has 0 amide bonds. The molecule has 1 heterocycles. The molecule has 0 radical (unpaired) electrons. The van der Waals surface area contributed by atoms with E-state index in [4.69, 9.17) is 0 Å². The minimum absolute atomic E-state index is 0.542. The Morgan fingerprint density at radius 3 is 2.50 bits per heavy atom. The molecule has 0 saturated carbocycles. The maximum atomic E-state index is 4.25. The Bertz CT molecular complexity index is 442. The van der Waals surface area contributed by atoms with Crippen molar-refractivity contribution in [2.24, 2.45) is 4.99 Å². The van der Waals surface area contributed by atoms with Crippen LogP contribution in [-0.2, 0) is 13.1 Å². The highest BCUT2D eigenvalue weighted by molar-refractivity contribution is 5.79. The van der Waals surface area contributed by atoms with Crippen molar-refractivity contribution in [3.05, 3.63) is 12.2 Å². The molecule has 0 fully saturated rings. The smallest absolute Gasteiger partial charge is 0.191 e. The second-order valence-corrected chi connectivity index (χ2v) is 5.81. The summed E-state index contributed by atoms with van der Waals surface area (Å²) in [6, 6.07) is 1.08. The maximum Gasteiger partial charge on any atom is 0.191 e. The number of guanidine groups is 1. The number of aliphatic imine (C=N–C) groups is 1. The Hall–Kier alpha value is -1.63. The summed E-state index contributed by atoms with van der Waals surface area (Å²) >= 11 is 0. The molecule has 0 aliphatic carbocycles. The number of hydrogen-bond acceptors (Lipinski definition) is 4. The van der Waals surface area contributed by atoms with E-state index in [0.29, 0.717) is 18.6 Å². The summed E-state index contributed by atoms with van der Waals surface area (Å²) in [5, 5.41) is 14.7. The summed E-state index contributed by atoms with van der Waals surface area (Å²) in [7, 11) is 1.78. The van der Waals surface area contributed by atoms with Gasteiger partial charge >= 0.3 is 0 Å². The normalized spacial score (nSPS) is 12.5. The SMILES string of the molecule is CCn1cnnc1CNC(=NC)NCCN(C(C)C)C(C)C. The highest BCUT2D eigenvalue weighted by Gasteiger charge is 2.12. The third-order valence-electron chi connectivity index (χ3n) is 3.66. The van der Waals surface area contributed by atoms with Crippen molar-refractivity contribution in [2.75, 3.05) is 20.1 Å². The molecule has 0 bridgehead atoms. The van der Waals surface area contributed by atoms with Gasteiger partial charge in [0.15, 0.2) is 11.8 Å². The first-order chi connectivity index (χ1) is 10.5. The van der Waals surface area contributed by atoms with Crippen LogP contribution in [0.25, 0.3) is 0 Å². The first-order valence-corrected chi connectivity index (χ1v) is 8.06. The average molecular weight is 309 g/mol. The van der Waals surface area contributed by atoms with Crippen LogP contribution in [0.5, 0.6) is 0 Å². The first kappa shape index (κ1) is 18.4. The Morgan fingerprint density at radius 1 is 1.27 bits per heavy atom. The van der Waals surface area contributed by atoms with Gasteiger partial charge in [0.1, 0.15) is 6.33 Å². The molecular weight excluding hydrogens is 278 g/mol. The predicted molar refractivity (Wildman–Crippen MR) is 90.9 cm³/mol. The molecule has 2 N–H and O–H groups in total. The van der Waals surface area contributed by atoms with Crippen molar-refractivity contribution < 1.29 is 0 Å². The van der Waals surface area contributed by atoms with E-state index in [2.05, 4.69) is 65.3 Å². The zero-order valence-corrected chi connectivity index (χ0v) is 14.8. The molecule has 0 aromatic carbocycles. The van der Waals surface area contributed by atoms with Gasteiger partial charge in [0.25, 0.3) is 0 Å². The van der Waals surface area contributed by atoms with Crippen molar-refractivity contribution in [2.45, 2.75) is 59.8 Å². The van der Waals surface area contributed by atoms with Gasteiger partial charge in [-0.1, -0.05) is 0 Å². The van der Waals surface area contributed by atoms with E-state index < -0.39 is 0 Å². The average Bonchev–Trinajstić information content (AvgIpc) is 2.93. The molecule has 1 aromatic heterocycles. The number of nitrogens with zero attached hydrogens (tertiary/aromatic N) is 5. The minimum atomic E-state index is 0.542. The molecule has 22 heavy (non-hydrogen) atoms. The van der Waals surface area contributed by atoms with Gasteiger partial charge in [-0.05, 0) is 34.6 Å². The van der Waals surface area contributed by atoms with Crippen LogP contribution in [0.4, 0.5) is 0 Å². The summed E-state index contributed by atoms with van der Waals surface area (Å²) in [5.41, 5.74) is 0. The summed E-state index contributed by atoms with van der Waals surface area (Å²) in [5.74, 6) is 1.70. The highest BCUT2D eigenvalue weighted by Crippen LogP contribution is 2.03. The van der Waals surface area contributed by atoms with Gasteiger partial charge in [-0.3, -0.25) is 9.89 Å². The maximum absolute atomic E-state index is 4.25. The molecule has 7 heteroatoms. The number of hydrogen-bond donors (Lipinski definition) is 2. The van der Waals surface area contributed by atoms with Crippen molar-refractivity contribution >= 4 is 5.96 Å². The molecule has 0 unspecified atom stereocenters. The molecule has 0 saturated heterocycles. The van der Waals surface area contributed by atoms with Gasteiger partial charge in [-0.2, -0.15) is 0 Å². The summed E-state index contributed by atoms with van der Waals surface area (Å²) in [4.78, 5) is 6.70. The lowest BCUT2D eigenvalue weighted by Gasteiger charge is -2.30. The minimum Gasteiger partial charge on any atom is -0.355 e. The first-order valence-electron chi connectivity index (χ1n) is 8.06. The van der Waals surface area contributed by atoms with E-state index in [1.807, 2.05) is 4.57 Å². The highest BCUT2D eigenvalue weighted by atomic mass is 15.3. The lowest BCUT2D eigenvalue weighted by atomic mass is 10.2. The molecule has 0 aliphatic heterocycles. The third-order valence-corrected chi connectivity index (χ3v) is 3.66. The van der Waals surface area contributed by atoms with Gasteiger partial charge in [0.05, 0.1) is 6.54 Å². The van der Waals surface area contributed by atoms with Crippen molar-refractivity contribution in [3.63, 3.8) is 0 Å². The van der Waals surface area contributed by atoms with Crippen LogP contribution in [0, 0.1) is 0 Å². The fraction of sp³-hybridized carbons (Fsp3) is 0.800. The Morgan fingerprint density at radius 2 is 1.95 bits per heavy atom. The van der Waals surface area contributed by atoms with E-state index in [-0.39, 0.29) is 0 Å². The van der Waals surface area contributed by atoms with Crippen molar-refractivity contribution in [1.82, 2.24) is 30.3 Å². The largest absolute Gasteiger partial charge is 0.355 e. The lowest BCUT2D eigenvalue weighted by Crippen LogP contribution is -2.45. The van der Waals surface area contributed by atoms with Crippen LogP contribution in [0.1, 0.15) is 40.4 Å². The number of aryl methyl sites for hydroxylation is 1. The van der Waals surface area contributed by atoms with E-state index in [1.54, 1.807) is 13.4 Å². The molecule has 1 rings (SSSR count). The Labute approximate surface area is 134 Å². The molecule has 0 atom stereocenters. The van der Waals surface area contributed by atoms with E-state index in [1.165, 1.54) is 0 Å². The third kappa shape index (κ3) is 5.63. The van der Waals surface area contributed by atoms with Crippen molar-refractivity contribution in [3.8, 4) is 0 Å². The zero-order valence-electron chi connectivity index (χ0n) is 14.8. The fourth-order valence-electron chi connectivity index (χ4n) is 2.48. The zero-order chi connectivity index (χ0) is 16.5. The number of nitrogens with one attached hydrogen (secondary N) is 2. The van der Waals surface area contributed by atoms with Crippen LogP contribution in [0.3, 0.4) is 0 Å². The molecule has 0 spiro atoms. The fourth-order valence-corrected chi connectivity index (χ4v) is 2.48. The Kier molecular flexibility index (Phi) is 7.87. The van der Waals surface area contributed by atoms with Crippen LogP contribution < -0.4 is 10.6 Å². The molecule has 1 aromatic rings. The van der Waals surface area contributed by atoms with Gasteiger partial charge in [0.2, 0.25) is 0 Å². The van der Waals surface area contributed by atoms with E-state index in [9.17, 15) is 0 Å². The van der Waals surface area contributed by atoms with Crippen LogP contribution in [0.2, 0.25) is 0 Å². The van der Waals surface area contributed by atoms with Crippen LogP contribution >= 0.6 is 0 Å². The number of aromatic nitrogens is 3.